The van der Waals surface area contributed by atoms with Gasteiger partial charge in [0, 0.05) is 76.7 Å². The summed E-state index contributed by atoms with van der Waals surface area (Å²) in [6.07, 6.45) is 2.64. The van der Waals surface area contributed by atoms with Gasteiger partial charge in [0.25, 0.3) is 23.3 Å². The van der Waals surface area contributed by atoms with Crippen LogP contribution in [0.4, 0.5) is 17.6 Å². The number of fused-ring (bicyclic) bond motifs is 1. The predicted molar refractivity (Wildman–Crippen MR) is 230 cm³/mol. The van der Waals surface area contributed by atoms with E-state index in [0.717, 1.165) is 25.8 Å². The first-order valence-electron chi connectivity index (χ1n) is 21.5. The number of likely N-dealkylation sites (tertiary alicyclic amines) is 2. The van der Waals surface area contributed by atoms with Gasteiger partial charge in [-0.1, -0.05) is 42.5 Å². The van der Waals surface area contributed by atoms with Crippen LogP contribution in [0.5, 0.6) is 0 Å². The first-order valence-corrected chi connectivity index (χ1v) is 21.5. The van der Waals surface area contributed by atoms with Crippen LogP contribution in [0.2, 0.25) is 0 Å². The summed E-state index contributed by atoms with van der Waals surface area (Å²) in [5, 5.41) is 17.7. The molecule has 4 aromatic carbocycles. The van der Waals surface area contributed by atoms with Crippen LogP contribution in [-0.4, -0.2) is 119 Å². The van der Waals surface area contributed by atoms with Gasteiger partial charge in [-0.2, -0.15) is 10.4 Å². The van der Waals surface area contributed by atoms with E-state index in [1.165, 1.54) is 41.3 Å². The molecule has 3 saturated heterocycles. The maximum atomic E-state index is 15.5. The Morgan fingerprint density at radius 2 is 1.42 bits per heavy atom. The molecule has 1 aromatic heterocycles. The Balaban J connectivity index is 0.773. The van der Waals surface area contributed by atoms with E-state index in [2.05, 4.69) is 15.1 Å². The molecule has 1 N–H and O–H groups in total. The lowest BCUT2D eigenvalue weighted by Crippen LogP contribution is -2.53. The van der Waals surface area contributed by atoms with E-state index in [-0.39, 0.29) is 77.5 Å². The summed E-state index contributed by atoms with van der Waals surface area (Å²) in [6.45, 7) is 4.11. The van der Waals surface area contributed by atoms with Crippen molar-refractivity contribution in [3.05, 3.63) is 134 Å². The van der Waals surface area contributed by atoms with Gasteiger partial charge in [0.05, 0.1) is 46.5 Å². The Morgan fingerprint density at radius 1 is 0.766 bits per heavy atom. The van der Waals surface area contributed by atoms with E-state index >= 15 is 8.78 Å². The fraction of sp³-hybridized carbons (Fsp3) is 0.375. The van der Waals surface area contributed by atoms with Crippen LogP contribution in [0.15, 0.2) is 83.7 Å². The smallest absolute Gasteiger partial charge is 0.272 e. The third-order valence-electron chi connectivity index (χ3n) is 12.5. The fourth-order valence-corrected chi connectivity index (χ4v) is 8.85. The molecule has 3 fully saturated rings. The first-order chi connectivity index (χ1) is 30.7. The van der Waals surface area contributed by atoms with Crippen molar-refractivity contribution in [2.24, 2.45) is 0 Å². The molecule has 0 spiro atoms. The Labute approximate surface area is 367 Å². The zero-order valence-electron chi connectivity index (χ0n) is 35.3. The molecule has 0 unspecified atom stereocenters. The highest BCUT2D eigenvalue weighted by atomic mass is 19.3. The van der Waals surface area contributed by atoms with Crippen molar-refractivity contribution in [2.45, 2.75) is 57.2 Å². The minimum Gasteiger partial charge on any atom is -0.375 e. The van der Waals surface area contributed by atoms with Gasteiger partial charge in [0.2, 0.25) is 5.91 Å². The van der Waals surface area contributed by atoms with Crippen molar-refractivity contribution in [1.82, 2.24) is 29.8 Å². The molecule has 0 aliphatic carbocycles. The largest absolute Gasteiger partial charge is 0.375 e. The number of nitriles is 1. The highest BCUT2D eigenvalue weighted by molar-refractivity contribution is 5.98. The monoisotopic (exact) mass is 877 g/mol. The number of rotatable bonds is 10. The highest BCUT2D eigenvalue weighted by Gasteiger charge is 2.33. The molecule has 0 radical (unpaired) electrons. The molecule has 4 heterocycles. The number of piperidine rings is 2. The molecule has 0 bridgehead atoms. The number of halogens is 4. The Hall–Kier alpha value is -6.44. The Bertz CT molecular complexity index is 2670. The van der Waals surface area contributed by atoms with Gasteiger partial charge in [0.1, 0.15) is 17.7 Å². The molecule has 8 rings (SSSR count). The van der Waals surface area contributed by atoms with Crippen LogP contribution >= 0.6 is 0 Å². The molecule has 3 aliphatic heterocycles. The zero-order valence-corrected chi connectivity index (χ0v) is 35.3. The van der Waals surface area contributed by atoms with E-state index in [9.17, 15) is 33.2 Å². The summed E-state index contributed by atoms with van der Waals surface area (Å²) in [5.74, 6) is -5.74. The minimum atomic E-state index is -3.10. The first kappa shape index (κ1) is 44.2. The van der Waals surface area contributed by atoms with Gasteiger partial charge in [-0.15, -0.1) is 0 Å². The molecule has 332 valence electrons. The van der Waals surface area contributed by atoms with Crippen molar-refractivity contribution >= 4 is 28.5 Å². The summed E-state index contributed by atoms with van der Waals surface area (Å²) >= 11 is 0. The van der Waals surface area contributed by atoms with Gasteiger partial charge >= 0.3 is 0 Å². The van der Waals surface area contributed by atoms with E-state index < -0.39 is 29.4 Å². The molecular weight excluding hydrogens is 831 g/mol. The number of nitrogens with one attached hydrogen (secondary N) is 1. The van der Waals surface area contributed by atoms with Crippen molar-refractivity contribution in [2.75, 3.05) is 58.9 Å². The third-order valence-corrected chi connectivity index (χ3v) is 12.5. The number of piperazine rings is 1. The number of H-pyrrole nitrogens is 1. The van der Waals surface area contributed by atoms with Crippen molar-refractivity contribution in [1.29, 1.82) is 5.26 Å². The number of carbonyl (C=O) groups excluding carboxylic acids is 3. The van der Waals surface area contributed by atoms with Crippen molar-refractivity contribution in [3.63, 3.8) is 0 Å². The van der Waals surface area contributed by atoms with Gasteiger partial charge in [-0.25, -0.2) is 22.7 Å². The maximum absolute atomic E-state index is 15.5. The summed E-state index contributed by atoms with van der Waals surface area (Å²) in [7, 11) is 0. The predicted octanol–water partition coefficient (Wildman–Crippen LogP) is 6.51. The summed E-state index contributed by atoms with van der Waals surface area (Å²) in [5.41, 5.74) is 0.672. The number of benzene rings is 4. The van der Waals surface area contributed by atoms with Crippen LogP contribution in [-0.2, 0) is 21.9 Å². The molecule has 5 aromatic rings. The number of hydrogen-bond donors (Lipinski definition) is 1. The van der Waals surface area contributed by atoms with Crippen LogP contribution < -0.4 is 5.56 Å². The number of nitrogens with zero attached hydrogens (tertiary/aromatic N) is 6. The molecule has 0 saturated carbocycles. The number of carbonyl (C=O) groups is 3. The van der Waals surface area contributed by atoms with E-state index in [1.54, 1.807) is 40.1 Å². The number of amides is 3. The molecule has 3 aliphatic rings. The van der Waals surface area contributed by atoms with E-state index in [4.69, 9.17) is 4.74 Å². The van der Waals surface area contributed by atoms with Gasteiger partial charge < -0.3 is 19.4 Å². The molecule has 0 atom stereocenters. The van der Waals surface area contributed by atoms with E-state index in [0.29, 0.717) is 79.7 Å². The number of aromatic nitrogens is 2. The second-order valence-electron chi connectivity index (χ2n) is 16.8. The summed E-state index contributed by atoms with van der Waals surface area (Å²) < 4.78 is 64.8. The average molecular weight is 878 g/mol. The van der Waals surface area contributed by atoms with Crippen LogP contribution in [0.3, 0.4) is 0 Å². The lowest BCUT2D eigenvalue weighted by Gasteiger charge is -2.38. The fourth-order valence-electron chi connectivity index (χ4n) is 8.85. The number of ether oxygens (including phenoxy) is 1. The highest BCUT2D eigenvalue weighted by Crippen LogP contribution is 2.33. The lowest BCUT2D eigenvalue weighted by atomic mass is 9.95. The van der Waals surface area contributed by atoms with Crippen molar-refractivity contribution in [3.8, 4) is 17.2 Å². The van der Waals surface area contributed by atoms with Crippen molar-refractivity contribution < 1.29 is 36.7 Å². The average Bonchev–Trinajstić information content (AvgIpc) is 3.30. The number of hydrogen-bond acceptors (Lipinski definition) is 8. The SMILES string of the molecule is CC(F)(F)c1cccc(-c2cc(F)c(C(=O)N3CCC(OC4CCN(CC(=O)N5CCN(C(=O)c6cc(Cc7n[nH]c(=O)c8ccccc78)ccc6F)CC5)CC4)CC3)c(C#N)c2)c1. The third kappa shape index (κ3) is 9.70. The van der Waals surface area contributed by atoms with E-state index in [1.807, 2.05) is 12.1 Å². The van der Waals surface area contributed by atoms with Crippen LogP contribution in [0, 0.1) is 23.0 Å². The second-order valence-corrected chi connectivity index (χ2v) is 16.8. The minimum absolute atomic E-state index is 0.0271. The molecule has 64 heavy (non-hydrogen) atoms. The zero-order chi connectivity index (χ0) is 45.1. The summed E-state index contributed by atoms with van der Waals surface area (Å²) in [6, 6.07) is 21.3. The maximum Gasteiger partial charge on any atom is 0.272 e. The molecule has 16 heteroatoms. The Kier molecular flexibility index (Phi) is 12.9. The van der Waals surface area contributed by atoms with Crippen LogP contribution in [0.25, 0.3) is 21.9 Å². The molecule has 12 nitrogen and oxygen atoms in total. The number of alkyl halides is 2. The quantitative estimate of drug-likeness (QED) is 0.157. The lowest BCUT2D eigenvalue weighted by molar-refractivity contribution is -0.135. The summed E-state index contributed by atoms with van der Waals surface area (Å²) in [4.78, 5) is 59.5. The molecule has 3 amide bonds. The van der Waals surface area contributed by atoms with Crippen LogP contribution in [0.1, 0.15) is 75.7 Å². The normalized spacial score (nSPS) is 16.8. The topological polar surface area (TPSA) is 143 Å². The van der Waals surface area contributed by atoms with Gasteiger partial charge in [-0.05, 0) is 78.8 Å². The van der Waals surface area contributed by atoms with Gasteiger partial charge in [0.15, 0.2) is 0 Å². The second kappa shape index (κ2) is 18.7. The molecular formula is C48H47F4N7O5. The number of aromatic amines is 1. The Morgan fingerprint density at radius 3 is 2.11 bits per heavy atom. The van der Waals surface area contributed by atoms with Gasteiger partial charge in [-0.3, -0.25) is 24.1 Å². The standard InChI is InChI=1S/C48H47F4N7O5/c1-48(51,52)34-6-4-5-31(26-34)32-25-33(28-53)44(41(50)27-32)47(63)58-17-13-36(14-18-58)64-35-11-15-56(16-12-35)29-43(60)57-19-21-59(22-20-57)46(62)39-23-30(9-10-40(39)49)24-42-37-7-2-3-8-38(37)45(61)55-54-42/h2-10,23,25-27,35-36H,11-22,24,29H2,1H3,(H,55,61).